The van der Waals surface area contributed by atoms with E-state index in [0.717, 1.165) is 19.4 Å². The van der Waals surface area contributed by atoms with Gasteiger partial charge in [0.05, 0.1) is 12.1 Å². The maximum atomic E-state index is 12.3. The van der Waals surface area contributed by atoms with E-state index in [9.17, 15) is 9.90 Å². The van der Waals surface area contributed by atoms with E-state index in [4.69, 9.17) is 0 Å². The number of nitrogens with one attached hydrogen (secondary N) is 2. The summed E-state index contributed by atoms with van der Waals surface area (Å²) >= 11 is 0. The fourth-order valence-electron chi connectivity index (χ4n) is 3.71. The highest BCUT2D eigenvalue weighted by molar-refractivity contribution is 5.75. The highest BCUT2D eigenvalue weighted by atomic mass is 16.3. The molecule has 0 spiro atoms. The van der Waals surface area contributed by atoms with E-state index in [1.807, 2.05) is 13.0 Å². The van der Waals surface area contributed by atoms with Gasteiger partial charge >= 0.3 is 6.03 Å². The summed E-state index contributed by atoms with van der Waals surface area (Å²) in [5.74, 6) is 0.398. The van der Waals surface area contributed by atoms with Crippen molar-refractivity contribution >= 4 is 6.03 Å². The third-order valence-corrected chi connectivity index (χ3v) is 5.61. The number of hydrogen-bond acceptors (Lipinski definition) is 3. The van der Waals surface area contributed by atoms with Crippen molar-refractivity contribution in [1.29, 1.82) is 0 Å². The molecule has 0 aromatic heterocycles. The third kappa shape index (κ3) is 4.95. The van der Waals surface area contributed by atoms with Crippen molar-refractivity contribution in [2.75, 3.05) is 19.7 Å². The Labute approximate surface area is 150 Å². The van der Waals surface area contributed by atoms with Crippen molar-refractivity contribution in [2.45, 2.75) is 57.7 Å². The Morgan fingerprint density at radius 1 is 1.20 bits per heavy atom. The molecule has 0 bridgehead atoms. The number of likely N-dealkylation sites (tertiary alicyclic amines) is 1. The maximum absolute atomic E-state index is 12.3. The quantitative estimate of drug-likeness (QED) is 0.712. The topological polar surface area (TPSA) is 64.6 Å². The van der Waals surface area contributed by atoms with Crippen LogP contribution in [-0.4, -0.2) is 41.3 Å². The monoisotopic (exact) mass is 345 g/mol. The fraction of sp³-hybridized carbons (Fsp3) is 0.650. The van der Waals surface area contributed by atoms with E-state index >= 15 is 0 Å². The Balaban J connectivity index is 1.54. The number of aliphatic hydroxyl groups excluding tert-OH is 1. The largest absolute Gasteiger partial charge is 0.394 e. The maximum Gasteiger partial charge on any atom is 0.315 e. The normalized spacial score (nSPS) is 20.7. The molecule has 1 aliphatic carbocycles. The van der Waals surface area contributed by atoms with E-state index in [-0.39, 0.29) is 12.6 Å². The van der Waals surface area contributed by atoms with Crippen LogP contribution in [0.1, 0.15) is 50.2 Å². The van der Waals surface area contributed by atoms with Crippen LogP contribution < -0.4 is 10.6 Å². The summed E-state index contributed by atoms with van der Waals surface area (Å²) in [6.45, 7) is 5.71. The molecule has 1 aromatic carbocycles. The van der Waals surface area contributed by atoms with Crippen LogP contribution in [0.3, 0.4) is 0 Å². The van der Waals surface area contributed by atoms with Crippen LogP contribution in [0, 0.1) is 5.92 Å². The fourth-order valence-corrected chi connectivity index (χ4v) is 3.71. The summed E-state index contributed by atoms with van der Waals surface area (Å²) in [6.07, 6.45) is 6.06. The van der Waals surface area contributed by atoms with Crippen LogP contribution >= 0.6 is 0 Å². The molecule has 3 rings (SSSR count). The Morgan fingerprint density at radius 2 is 1.88 bits per heavy atom. The molecule has 1 saturated heterocycles. The molecule has 1 unspecified atom stereocenters. The highest BCUT2D eigenvalue weighted by Gasteiger charge is 2.42. The van der Waals surface area contributed by atoms with E-state index in [1.165, 1.54) is 43.5 Å². The van der Waals surface area contributed by atoms with Crippen molar-refractivity contribution in [3.05, 3.63) is 35.4 Å². The molecule has 3 N–H and O–H groups in total. The highest BCUT2D eigenvalue weighted by Crippen LogP contribution is 2.39. The lowest BCUT2D eigenvalue weighted by Gasteiger charge is -2.29. The lowest BCUT2D eigenvalue weighted by atomic mass is 9.97. The van der Waals surface area contributed by atoms with Gasteiger partial charge in [0.2, 0.25) is 0 Å². The molecule has 2 fully saturated rings. The van der Waals surface area contributed by atoms with Crippen molar-refractivity contribution in [3.8, 4) is 0 Å². The molecule has 2 aliphatic rings. The Hall–Kier alpha value is -1.59. The van der Waals surface area contributed by atoms with E-state index in [0.29, 0.717) is 12.5 Å². The third-order valence-electron chi connectivity index (χ3n) is 5.61. The van der Waals surface area contributed by atoms with Gasteiger partial charge in [0, 0.05) is 13.1 Å². The molecule has 1 heterocycles. The van der Waals surface area contributed by atoms with Crippen LogP contribution in [0.15, 0.2) is 24.3 Å². The number of piperidine rings is 1. The Bertz CT molecular complexity index is 582. The van der Waals surface area contributed by atoms with Gasteiger partial charge in [-0.15, -0.1) is 0 Å². The summed E-state index contributed by atoms with van der Waals surface area (Å²) in [5, 5.41) is 15.5. The molecular formula is C20H31N3O2. The molecule has 2 amide bonds. The first kappa shape index (κ1) is 18.2. The van der Waals surface area contributed by atoms with Gasteiger partial charge in [-0.3, -0.25) is 4.90 Å². The summed E-state index contributed by atoms with van der Waals surface area (Å²) in [5.41, 5.74) is 1.95. The SMILES string of the molecule is CC(CO)(NC(=O)NCc1ccccc1CN1CCCCC1)C1CC1. The van der Waals surface area contributed by atoms with Crippen molar-refractivity contribution in [3.63, 3.8) is 0 Å². The van der Waals surface area contributed by atoms with Crippen LogP contribution in [0.2, 0.25) is 0 Å². The Kier molecular flexibility index (Phi) is 5.97. The molecule has 1 aromatic rings. The molecule has 1 aliphatic heterocycles. The zero-order chi connectivity index (χ0) is 17.7. The van der Waals surface area contributed by atoms with Gasteiger partial charge in [-0.1, -0.05) is 30.7 Å². The second-order valence-corrected chi connectivity index (χ2v) is 7.76. The lowest BCUT2D eigenvalue weighted by molar-refractivity contribution is 0.155. The molecule has 25 heavy (non-hydrogen) atoms. The molecule has 1 atom stereocenters. The molecule has 5 nitrogen and oxygen atoms in total. The second-order valence-electron chi connectivity index (χ2n) is 7.76. The van der Waals surface area contributed by atoms with Gasteiger partial charge in [0.25, 0.3) is 0 Å². The molecular weight excluding hydrogens is 314 g/mol. The van der Waals surface area contributed by atoms with Crippen LogP contribution in [0.4, 0.5) is 4.79 Å². The van der Waals surface area contributed by atoms with Gasteiger partial charge in [-0.05, 0) is 62.7 Å². The van der Waals surface area contributed by atoms with Crippen molar-refractivity contribution in [2.24, 2.45) is 5.92 Å². The van der Waals surface area contributed by atoms with E-state index in [1.54, 1.807) is 0 Å². The minimum Gasteiger partial charge on any atom is -0.394 e. The number of benzene rings is 1. The van der Waals surface area contributed by atoms with E-state index < -0.39 is 5.54 Å². The number of hydrogen-bond donors (Lipinski definition) is 3. The van der Waals surface area contributed by atoms with Gasteiger partial charge in [-0.25, -0.2) is 4.79 Å². The average molecular weight is 345 g/mol. The van der Waals surface area contributed by atoms with Crippen LogP contribution in [0.5, 0.6) is 0 Å². The first-order chi connectivity index (χ1) is 12.1. The zero-order valence-corrected chi connectivity index (χ0v) is 15.3. The second kappa shape index (κ2) is 8.19. The van der Waals surface area contributed by atoms with Crippen LogP contribution in [-0.2, 0) is 13.1 Å². The molecule has 5 heteroatoms. The standard InChI is InChI=1S/C20H31N3O2/c1-20(15-24,18-9-10-18)22-19(25)21-13-16-7-3-4-8-17(16)14-23-11-5-2-6-12-23/h3-4,7-8,18,24H,2,5-6,9-15H2,1H3,(H2,21,22,25). The zero-order valence-electron chi connectivity index (χ0n) is 15.3. The number of nitrogens with zero attached hydrogens (tertiary/aromatic N) is 1. The molecule has 0 radical (unpaired) electrons. The van der Waals surface area contributed by atoms with Gasteiger partial charge in [-0.2, -0.15) is 0 Å². The summed E-state index contributed by atoms with van der Waals surface area (Å²) in [6, 6.07) is 8.14. The number of carbonyl (C=O) groups excluding carboxylic acids is 1. The predicted molar refractivity (Wildman–Crippen MR) is 99.2 cm³/mol. The predicted octanol–water partition coefficient (Wildman–Crippen LogP) is 2.63. The van der Waals surface area contributed by atoms with Crippen LogP contribution in [0.25, 0.3) is 0 Å². The smallest absolute Gasteiger partial charge is 0.315 e. The first-order valence-electron chi connectivity index (χ1n) is 9.57. The minimum atomic E-state index is -0.503. The van der Waals surface area contributed by atoms with Gasteiger partial charge in [0.15, 0.2) is 0 Å². The summed E-state index contributed by atoms with van der Waals surface area (Å²) in [7, 11) is 0. The number of aliphatic hydroxyl groups is 1. The number of urea groups is 1. The average Bonchev–Trinajstić information content (AvgIpc) is 3.47. The Morgan fingerprint density at radius 3 is 2.52 bits per heavy atom. The molecule has 138 valence electrons. The summed E-state index contributed by atoms with van der Waals surface area (Å²) < 4.78 is 0. The number of carbonyl (C=O) groups is 1. The summed E-state index contributed by atoms with van der Waals surface area (Å²) in [4.78, 5) is 14.8. The van der Waals surface area contributed by atoms with E-state index in [2.05, 4.69) is 33.7 Å². The number of amides is 2. The lowest BCUT2D eigenvalue weighted by Crippen LogP contribution is -2.54. The minimum absolute atomic E-state index is 0.0172. The van der Waals surface area contributed by atoms with Crippen molar-refractivity contribution < 1.29 is 9.90 Å². The van der Waals surface area contributed by atoms with Crippen molar-refractivity contribution in [1.82, 2.24) is 15.5 Å². The van der Waals surface area contributed by atoms with Gasteiger partial charge < -0.3 is 15.7 Å². The first-order valence-corrected chi connectivity index (χ1v) is 9.57. The number of rotatable bonds is 7. The molecule has 1 saturated carbocycles. The van der Waals surface area contributed by atoms with Gasteiger partial charge in [0.1, 0.15) is 0 Å².